The first-order valence-corrected chi connectivity index (χ1v) is 9.74. The summed E-state index contributed by atoms with van der Waals surface area (Å²) < 4.78 is 4.70. The second-order valence-electron chi connectivity index (χ2n) is 8.07. The maximum atomic E-state index is 4.88. The van der Waals surface area contributed by atoms with Gasteiger partial charge in [-0.1, -0.05) is 24.3 Å². The molecule has 0 bridgehead atoms. The van der Waals surface area contributed by atoms with Crippen molar-refractivity contribution in [3.8, 4) is 11.4 Å². The molecule has 3 aromatic carbocycles. The van der Waals surface area contributed by atoms with E-state index in [1.54, 1.807) is 0 Å². The maximum absolute atomic E-state index is 4.88. The molecule has 0 saturated carbocycles. The number of benzene rings is 3. The summed E-state index contributed by atoms with van der Waals surface area (Å²) >= 11 is 0. The highest BCUT2D eigenvalue weighted by atomic mass is 15.1. The normalized spacial score (nSPS) is 13.5. The van der Waals surface area contributed by atoms with Crippen LogP contribution in [0.5, 0.6) is 0 Å². The van der Waals surface area contributed by atoms with Gasteiger partial charge < -0.3 is 0 Å². The Kier molecular flexibility index (Phi) is 2.39. The second kappa shape index (κ2) is 4.55. The third-order valence-electron chi connectivity index (χ3n) is 6.42. The molecule has 0 saturated heterocycles. The fourth-order valence-corrected chi connectivity index (χ4v) is 5.50. The average molecular weight is 360 g/mol. The number of hydrogen-bond donors (Lipinski definition) is 0. The zero-order valence-corrected chi connectivity index (χ0v) is 16.0. The molecule has 0 amide bonds. The van der Waals surface area contributed by atoms with E-state index in [4.69, 9.17) is 9.97 Å². The van der Waals surface area contributed by atoms with Crippen molar-refractivity contribution in [2.24, 2.45) is 0 Å². The molecule has 2 aliphatic heterocycles. The minimum atomic E-state index is 0.213. The van der Waals surface area contributed by atoms with E-state index in [1.165, 1.54) is 44.4 Å². The number of hydrogen-bond acceptors (Lipinski definition) is 2. The molecule has 0 atom stereocenters. The predicted octanol–water partition coefficient (Wildman–Crippen LogP) is 2.43. The number of aryl methyl sites for hydroxylation is 3. The van der Waals surface area contributed by atoms with Crippen molar-refractivity contribution >= 4 is 45.2 Å². The van der Waals surface area contributed by atoms with Gasteiger partial charge >= 0.3 is 0 Å². The number of fused-ring (bicyclic) bond motifs is 4. The van der Waals surface area contributed by atoms with E-state index in [1.807, 2.05) is 0 Å². The summed E-state index contributed by atoms with van der Waals surface area (Å²) in [6.45, 7) is 6.61. The zero-order valence-electron chi connectivity index (χ0n) is 16.0. The fraction of sp³-hybridized carbons (Fsp3) is 0.130. The highest BCUT2D eigenvalue weighted by Crippen LogP contribution is 2.31. The summed E-state index contributed by atoms with van der Waals surface area (Å²) in [5.41, 5.74) is 12.5. The number of aromatic nitrogens is 4. The van der Waals surface area contributed by atoms with Crippen molar-refractivity contribution in [2.45, 2.75) is 20.8 Å². The Bertz CT molecular complexity index is 1400. The van der Waals surface area contributed by atoms with Crippen LogP contribution in [0.1, 0.15) is 17.2 Å². The Hall–Kier alpha value is -3.34. The van der Waals surface area contributed by atoms with E-state index in [-0.39, 0.29) is 6.71 Å². The lowest BCUT2D eigenvalue weighted by Gasteiger charge is -2.33. The topological polar surface area (TPSA) is 35.6 Å². The van der Waals surface area contributed by atoms with Crippen LogP contribution in [-0.4, -0.2) is 25.8 Å². The highest BCUT2D eigenvalue weighted by Gasteiger charge is 2.40. The van der Waals surface area contributed by atoms with Gasteiger partial charge in [0.05, 0.1) is 22.1 Å². The quantitative estimate of drug-likeness (QED) is 0.390. The number of para-hydroxylation sites is 2. The molecule has 5 heteroatoms. The molecule has 28 heavy (non-hydrogen) atoms. The van der Waals surface area contributed by atoms with Crippen LogP contribution in [0.25, 0.3) is 33.4 Å². The zero-order chi connectivity index (χ0) is 18.7. The molecule has 0 aliphatic carbocycles. The SMILES string of the molecule is Cc1cc2c3c(c1)-n1c(C)nc4cccc(c41)B3c1cccc3nc(C)n-2c13. The van der Waals surface area contributed by atoms with Crippen molar-refractivity contribution in [3.05, 3.63) is 65.7 Å². The van der Waals surface area contributed by atoms with Gasteiger partial charge in [-0.15, -0.1) is 0 Å². The van der Waals surface area contributed by atoms with Crippen LogP contribution in [-0.2, 0) is 0 Å². The van der Waals surface area contributed by atoms with E-state index < -0.39 is 0 Å². The Morgan fingerprint density at radius 3 is 1.71 bits per heavy atom. The Morgan fingerprint density at radius 2 is 1.21 bits per heavy atom. The third kappa shape index (κ3) is 1.48. The maximum Gasteiger partial charge on any atom is 0.252 e. The van der Waals surface area contributed by atoms with Crippen molar-refractivity contribution in [1.82, 2.24) is 19.1 Å². The largest absolute Gasteiger partial charge is 0.297 e. The van der Waals surface area contributed by atoms with Crippen LogP contribution < -0.4 is 16.4 Å². The minimum absolute atomic E-state index is 0.213. The van der Waals surface area contributed by atoms with Gasteiger partial charge in [0, 0.05) is 11.4 Å². The lowest BCUT2D eigenvalue weighted by atomic mass is 9.34. The van der Waals surface area contributed by atoms with E-state index in [0.717, 1.165) is 22.7 Å². The monoisotopic (exact) mass is 360 g/mol. The summed E-state index contributed by atoms with van der Waals surface area (Å²) in [6, 6.07) is 17.7. The Labute approximate surface area is 162 Å². The van der Waals surface area contributed by atoms with Gasteiger partial charge in [0.1, 0.15) is 11.6 Å². The van der Waals surface area contributed by atoms with E-state index >= 15 is 0 Å². The molecular weight excluding hydrogens is 343 g/mol. The van der Waals surface area contributed by atoms with Crippen molar-refractivity contribution in [3.63, 3.8) is 0 Å². The Balaban J connectivity index is 1.80. The van der Waals surface area contributed by atoms with Crippen LogP contribution in [0, 0.1) is 20.8 Å². The Morgan fingerprint density at radius 1 is 0.714 bits per heavy atom. The highest BCUT2D eigenvalue weighted by molar-refractivity contribution is 7.00. The van der Waals surface area contributed by atoms with Gasteiger partial charge in [-0.05, 0) is 67.0 Å². The van der Waals surface area contributed by atoms with Crippen LogP contribution in [0.3, 0.4) is 0 Å². The lowest BCUT2D eigenvalue weighted by molar-refractivity contribution is 0.977. The van der Waals surface area contributed by atoms with Crippen LogP contribution in [0.15, 0.2) is 48.5 Å². The molecular formula is C23H17BN4. The van der Waals surface area contributed by atoms with Crippen LogP contribution in [0.2, 0.25) is 0 Å². The molecule has 2 aromatic heterocycles. The standard InChI is InChI=1S/C23H17BN4/c1-12-10-19-21-20(11-12)28-14(3)26-18-9-5-7-16(23(18)28)24(21)15-6-4-8-17-22(15)27(19)13(2)25-17/h4-11H,1-3H3. The molecule has 0 fully saturated rings. The van der Waals surface area contributed by atoms with Gasteiger partial charge in [0.2, 0.25) is 0 Å². The molecule has 0 spiro atoms. The molecule has 0 N–H and O–H groups in total. The van der Waals surface area contributed by atoms with E-state index in [2.05, 4.69) is 78.4 Å². The molecule has 0 unspecified atom stereocenters. The first-order valence-electron chi connectivity index (χ1n) is 9.74. The molecule has 132 valence electrons. The molecule has 5 aromatic rings. The summed E-state index contributed by atoms with van der Waals surface area (Å²) in [4.78, 5) is 9.76. The third-order valence-corrected chi connectivity index (χ3v) is 6.42. The van der Waals surface area contributed by atoms with E-state index in [9.17, 15) is 0 Å². The van der Waals surface area contributed by atoms with E-state index in [0.29, 0.717) is 0 Å². The van der Waals surface area contributed by atoms with Gasteiger partial charge in [0.15, 0.2) is 0 Å². The summed E-state index contributed by atoms with van der Waals surface area (Å²) in [5, 5.41) is 0. The van der Waals surface area contributed by atoms with Crippen molar-refractivity contribution < 1.29 is 0 Å². The average Bonchev–Trinajstić information content (AvgIpc) is 3.19. The van der Waals surface area contributed by atoms with Gasteiger partial charge in [-0.25, -0.2) is 9.97 Å². The van der Waals surface area contributed by atoms with Crippen LogP contribution >= 0.6 is 0 Å². The first kappa shape index (κ1) is 14.7. The van der Waals surface area contributed by atoms with Gasteiger partial charge in [0.25, 0.3) is 6.71 Å². The number of imidazole rings is 2. The summed E-state index contributed by atoms with van der Waals surface area (Å²) in [7, 11) is 0. The van der Waals surface area contributed by atoms with Crippen LogP contribution in [0.4, 0.5) is 0 Å². The fourth-order valence-electron chi connectivity index (χ4n) is 5.50. The predicted molar refractivity (Wildman–Crippen MR) is 115 cm³/mol. The van der Waals surface area contributed by atoms with Gasteiger partial charge in [-0.3, -0.25) is 9.13 Å². The summed E-state index contributed by atoms with van der Waals surface area (Å²) in [5.74, 6) is 2.08. The molecule has 4 nitrogen and oxygen atoms in total. The minimum Gasteiger partial charge on any atom is -0.297 e. The molecule has 2 aliphatic rings. The number of rotatable bonds is 0. The lowest BCUT2D eigenvalue weighted by Crippen LogP contribution is -2.59. The van der Waals surface area contributed by atoms with Crippen molar-refractivity contribution in [1.29, 1.82) is 0 Å². The van der Waals surface area contributed by atoms with Gasteiger partial charge in [-0.2, -0.15) is 0 Å². The first-order chi connectivity index (χ1) is 13.6. The summed E-state index contributed by atoms with van der Waals surface area (Å²) in [6.07, 6.45) is 0. The molecule has 4 heterocycles. The second-order valence-corrected chi connectivity index (χ2v) is 8.07. The van der Waals surface area contributed by atoms with Crippen molar-refractivity contribution in [2.75, 3.05) is 0 Å². The molecule has 0 radical (unpaired) electrons. The smallest absolute Gasteiger partial charge is 0.252 e. The number of nitrogens with zero attached hydrogens (tertiary/aromatic N) is 4. The molecule has 7 rings (SSSR count).